The van der Waals surface area contributed by atoms with Crippen LogP contribution in [0, 0.1) is 0 Å². The van der Waals surface area contributed by atoms with Crippen molar-refractivity contribution in [3.8, 4) is 5.75 Å². The Kier molecular flexibility index (Phi) is 5.57. The Morgan fingerprint density at radius 2 is 1.83 bits per heavy atom. The predicted octanol–water partition coefficient (Wildman–Crippen LogP) is 3.48. The Labute approximate surface area is 176 Å². The normalized spacial score (nSPS) is 14.0. The number of benzene rings is 2. The number of pyridine rings is 1. The van der Waals surface area contributed by atoms with Crippen LogP contribution >= 0.6 is 15.9 Å². The first-order valence-corrected chi connectivity index (χ1v) is 9.88. The molecular weight excluding hydrogens is 434 g/mol. The molecule has 2 heterocycles. The van der Waals surface area contributed by atoms with Crippen molar-refractivity contribution in [3.05, 3.63) is 88.7 Å². The number of carbonyl (C=O) groups excluding carboxylic acids is 2. The van der Waals surface area contributed by atoms with Crippen molar-refractivity contribution in [1.29, 1.82) is 0 Å². The first kappa shape index (κ1) is 19.1. The number of hydrogen-bond acceptors (Lipinski definition) is 4. The van der Waals surface area contributed by atoms with Crippen LogP contribution in [-0.4, -0.2) is 29.9 Å². The summed E-state index contributed by atoms with van der Waals surface area (Å²) >= 11 is 3.39. The second kappa shape index (κ2) is 8.45. The third-order valence-electron chi connectivity index (χ3n) is 4.64. The van der Waals surface area contributed by atoms with Gasteiger partial charge < -0.3 is 10.1 Å². The van der Waals surface area contributed by atoms with Gasteiger partial charge in [0.05, 0.1) is 11.7 Å². The molecule has 0 aliphatic carbocycles. The molecule has 3 aromatic rings. The van der Waals surface area contributed by atoms with Gasteiger partial charge in [-0.1, -0.05) is 46.3 Å². The minimum Gasteiger partial charge on any atom is -0.482 e. The lowest BCUT2D eigenvalue weighted by Crippen LogP contribution is -2.45. The van der Waals surface area contributed by atoms with Crippen molar-refractivity contribution in [2.24, 2.45) is 0 Å². The number of rotatable bonds is 5. The van der Waals surface area contributed by atoms with Gasteiger partial charge >= 0.3 is 0 Å². The second-order valence-electron chi connectivity index (χ2n) is 6.57. The lowest BCUT2D eigenvalue weighted by molar-refractivity contribution is -0.125. The molecule has 146 valence electrons. The van der Waals surface area contributed by atoms with Crippen molar-refractivity contribution in [3.63, 3.8) is 0 Å². The first-order valence-electron chi connectivity index (χ1n) is 9.09. The number of halogens is 1. The van der Waals surface area contributed by atoms with E-state index in [2.05, 4.69) is 26.2 Å². The standard InChI is InChI=1S/C22H18BrN3O3/c23-17-6-7-18-19(12-17)29-14-21(28)26(18)13-20(27)25-22(15-4-2-1-3-5-15)16-8-10-24-11-9-16/h1-12,22H,13-14H2,(H,25,27). The summed E-state index contributed by atoms with van der Waals surface area (Å²) in [5, 5.41) is 3.05. The molecule has 0 saturated heterocycles. The van der Waals surface area contributed by atoms with Crippen LogP contribution in [0.4, 0.5) is 5.69 Å². The first-order chi connectivity index (χ1) is 14.1. The van der Waals surface area contributed by atoms with E-state index in [0.29, 0.717) is 11.4 Å². The number of fused-ring (bicyclic) bond motifs is 1. The third-order valence-corrected chi connectivity index (χ3v) is 5.14. The zero-order valence-corrected chi connectivity index (χ0v) is 17.0. The monoisotopic (exact) mass is 451 g/mol. The molecule has 1 atom stereocenters. The molecule has 4 rings (SSSR count). The van der Waals surface area contributed by atoms with E-state index in [9.17, 15) is 9.59 Å². The van der Waals surface area contributed by atoms with Crippen LogP contribution in [0.1, 0.15) is 17.2 Å². The van der Waals surface area contributed by atoms with E-state index < -0.39 is 0 Å². The van der Waals surface area contributed by atoms with Crippen molar-refractivity contribution in [2.45, 2.75) is 6.04 Å². The maximum absolute atomic E-state index is 12.9. The van der Waals surface area contributed by atoms with E-state index in [1.807, 2.05) is 48.5 Å². The van der Waals surface area contributed by atoms with Crippen molar-refractivity contribution in [1.82, 2.24) is 10.3 Å². The van der Waals surface area contributed by atoms with Crippen LogP contribution in [-0.2, 0) is 9.59 Å². The molecule has 0 fully saturated rings. The summed E-state index contributed by atoms with van der Waals surface area (Å²) in [5.74, 6) is 0.0513. The van der Waals surface area contributed by atoms with Crippen molar-refractivity contribution in [2.75, 3.05) is 18.1 Å². The molecule has 0 radical (unpaired) electrons. The van der Waals surface area contributed by atoms with E-state index >= 15 is 0 Å². The average Bonchev–Trinajstić information content (AvgIpc) is 2.75. The van der Waals surface area contributed by atoms with Gasteiger partial charge in [-0.3, -0.25) is 19.5 Å². The summed E-state index contributed by atoms with van der Waals surface area (Å²) in [6, 6.07) is 18.5. The summed E-state index contributed by atoms with van der Waals surface area (Å²) in [4.78, 5) is 30.8. The van der Waals surface area contributed by atoms with Gasteiger partial charge in [0, 0.05) is 16.9 Å². The molecule has 2 amide bonds. The fraction of sp³-hybridized carbons (Fsp3) is 0.136. The highest BCUT2D eigenvalue weighted by atomic mass is 79.9. The fourth-order valence-electron chi connectivity index (χ4n) is 3.26. The number of aromatic nitrogens is 1. The fourth-order valence-corrected chi connectivity index (χ4v) is 3.60. The van der Waals surface area contributed by atoms with E-state index in [0.717, 1.165) is 15.6 Å². The lowest BCUT2D eigenvalue weighted by atomic mass is 9.99. The smallest absolute Gasteiger partial charge is 0.265 e. The molecule has 1 aliphatic rings. The van der Waals surface area contributed by atoms with Gasteiger partial charge in [-0.2, -0.15) is 0 Å². The molecule has 1 aromatic heterocycles. The maximum atomic E-state index is 12.9. The number of anilines is 1. The SMILES string of the molecule is O=C(CN1C(=O)COc2cc(Br)ccc21)NC(c1ccccc1)c1ccncc1. The Hall–Kier alpha value is -3.19. The largest absolute Gasteiger partial charge is 0.482 e. The van der Waals surface area contributed by atoms with Crippen LogP contribution in [0.3, 0.4) is 0 Å². The number of ether oxygens (including phenoxy) is 1. The molecule has 2 aromatic carbocycles. The molecule has 7 heteroatoms. The van der Waals surface area contributed by atoms with Crippen LogP contribution in [0.25, 0.3) is 0 Å². The topological polar surface area (TPSA) is 71.5 Å². The maximum Gasteiger partial charge on any atom is 0.265 e. The molecule has 1 N–H and O–H groups in total. The van der Waals surface area contributed by atoms with Crippen molar-refractivity contribution >= 4 is 33.4 Å². The highest BCUT2D eigenvalue weighted by Crippen LogP contribution is 2.34. The van der Waals surface area contributed by atoms with Gasteiger partial charge in [0.2, 0.25) is 5.91 Å². The van der Waals surface area contributed by atoms with E-state index in [-0.39, 0.29) is 31.0 Å². The molecule has 0 spiro atoms. The Morgan fingerprint density at radius 3 is 2.59 bits per heavy atom. The molecule has 29 heavy (non-hydrogen) atoms. The summed E-state index contributed by atoms with van der Waals surface area (Å²) in [6.45, 7) is -0.186. The Bertz CT molecular complexity index is 988. The highest BCUT2D eigenvalue weighted by Gasteiger charge is 2.28. The minimum atomic E-state index is -0.341. The summed E-state index contributed by atoms with van der Waals surface area (Å²) in [7, 11) is 0. The van der Waals surface area contributed by atoms with Crippen LogP contribution in [0.15, 0.2) is 77.5 Å². The molecule has 1 unspecified atom stereocenters. The third kappa shape index (κ3) is 4.30. The number of nitrogens with one attached hydrogen (secondary N) is 1. The van der Waals surface area contributed by atoms with Gasteiger partial charge in [0.1, 0.15) is 12.3 Å². The van der Waals surface area contributed by atoms with Crippen LogP contribution < -0.4 is 15.0 Å². The zero-order chi connectivity index (χ0) is 20.2. The number of carbonyl (C=O) groups is 2. The summed E-state index contributed by atoms with van der Waals surface area (Å²) < 4.78 is 6.33. The van der Waals surface area contributed by atoms with E-state index in [1.54, 1.807) is 24.5 Å². The molecular formula is C22H18BrN3O3. The lowest BCUT2D eigenvalue weighted by Gasteiger charge is -2.29. The minimum absolute atomic E-state index is 0.0920. The zero-order valence-electron chi connectivity index (χ0n) is 15.4. The van der Waals surface area contributed by atoms with E-state index in [1.165, 1.54) is 4.90 Å². The van der Waals surface area contributed by atoms with Gasteiger partial charge in [-0.25, -0.2) is 0 Å². The second-order valence-corrected chi connectivity index (χ2v) is 7.49. The number of hydrogen-bond donors (Lipinski definition) is 1. The molecule has 0 saturated carbocycles. The van der Waals surface area contributed by atoms with Crippen LogP contribution in [0.2, 0.25) is 0 Å². The Morgan fingerprint density at radius 1 is 1.10 bits per heavy atom. The van der Waals surface area contributed by atoms with Gasteiger partial charge in [0.15, 0.2) is 6.61 Å². The Balaban J connectivity index is 1.57. The summed E-state index contributed by atoms with van der Waals surface area (Å²) in [5.41, 5.74) is 2.45. The number of nitrogens with zero attached hydrogens (tertiary/aromatic N) is 2. The molecule has 1 aliphatic heterocycles. The molecule has 6 nitrogen and oxygen atoms in total. The van der Waals surface area contributed by atoms with Gasteiger partial charge in [0.25, 0.3) is 5.91 Å². The van der Waals surface area contributed by atoms with E-state index in [4.69, 9.17) is 4.74 Å². The quantitative estimate of drug-likeness (QED) is 0.644. The van der Waals surface area contributed by atoms with Gasteiger partial charge in [-0.15, -0.1) is 0 Å². The average molecular weight is 452 g/mol. The predicted molar refractivity (Wildman–Crippen MR) is 113 cm³/mol. The molecule has 0 bridgehead atoms. The van der Waals surface area contributed by atoms with Crippen molar-refractivity contribution < 1.29 is 14.3 Å². The highest BCUT2D eigenvalue weighted by molar-refractivity contribution is 9.10. The number of amides is 2. The van der Waals surface area contributed by atoms with Crippen LogP contribution in [0.5, 0.6) is 5.75 Å². The summed E-state index contributed by atoms with van der Waals surface area (Å²) in [6.07, 6.45) is 3.38. The van der Waals surface area contributed by atoms with Gasteiger partial charge in [-0.05, 0) is 41.5 Å².